The highest BCUT2D eigenvalue weighted by molar-refractivity contribution is 5.98. The average molecular weight is 317 g/mol. The number of rotatable bonds is 7. The van der Waals surface area contributed by atoms with Crippen molar-refractivity contribution in [1.29, 1.82) is 0 Å². The topological polar surface area (TPSA) is 46.6 Å². The third-order valence-corrected chi connectivity index (χ3v) is 4.57. The van der Waals surface area contributed by atoms with Crippen LogP contribution in [0, 0.1) is 0 Å². The zero-order chi connectivity index (χ0) is 16.7. The maximum absolute atomic E-state index is 12.3. The van der Waals surface area contributed by atoms with Crippen molar-refractivity contribution in [3.8, 4) is 5.75 Å². The van der Waals surface area contributed by atoms with Crippen molar-refractivity contribution in [3.05, 3.63) is 29.8 Å². The summed E-state index contributed by atoms with van der Waals surface area (Å²) in [7, 11) is 1.87. The lowest BCUT2D eigenvalue weighted by Gasteiger charge is -2.31. The molecule has 1 saturated carbocycles. The van der Waals surface area contributed by atoms with Gasteiger partial charge in [0.15, 0.2) is 5.78 Å². The number of hydrogen-bond donors (Lipinski definition) is 0. The van der Waals surface area contributed by atoms with Crippen LogP contribution in [0.3, 0.4) is 0 Å². The first-order valence-electron chi connectivity index (χ1n) is 8.63. The van der Waals surface area contributed by atoms with Crippen molar-refractivity contribution in [2.45, 2.75) is 57.9 Å². The smallest absolute Gasteiger partial charge is 0.223 e. The molecule has 1 aliphatic rings. The van der Waals surface area contributed by atoms with Gasteiger partial charge in [0.2, 0.25) is 5.91 Å². The van der Waals surface area contributed by atoms with Crippen molar-refractivity contribution in [2.24, 2.45) is 0 Å². The van der Waals surface area contributed by atoms with Crippen LogP contribution >= 0.6 is 0 Å². The van der Waals surface area contributed by atoms with Crippen LogP contribution < -0.4 is 4.74 Å². The van der Waals surface area contributed by atoms with Gasteiger partial charge in [-0.3, -0.25) is 9.59 Å². The zero-order valence-electron chi connectivity index (χ0n) is 14.2. The zero-order valence-corrected chi connectivity index (χ0v) is 14.2. The third-order valence-electron chi connectivity index (χ3n) is 4.57. The molecule has 0 aliphatic heterocycles. The Bertz CT molecular complexity index is 518. The predicted octanol–water partition coefficient (Wildman–Crippen LogP) is 3.84. The molecule has 0 bridgehead atoms. The first kappa shape index (κ1) is 17.5. The summed E-state index contributed by atoms with van der Waals surface area (Å²) in [4.78, 5) is 26.3. The molecule has 0 aromatic heterocycles. The molecule has 0 N–H and O–H groups in total. The molecule has 0 spiro atoms. The van der Waals surface area contributed by atoms with Gasteiger partial charge in [-0.05, 0) is 44.0 Å². The molecule has 4 heteroatoms. The summed E-state index contributed by atoms with van der Waals surface area (Å²) >= 11 is 0. The molecule has 126 valence electrons. The van der Waals surface area contributed by atoms with Crippen LogP contribution in [0.2, 0.25) is 0 Å². The lowest BCUT2D eigenvalue weighted by Crippen LogP contribution is -2.38. The van der Waals surface area contributed by atoms with Crippen LogP contribution in [0.5, 0.6) is 5.75 Å². The number of ketones is 1. The Labute approximate surface area is 138 Å². The number of Topliss-reactive ketones (excluding diaryl/α,β-unsaturated/α-hetero) is 1. The number of hydrogen-bond acceptors (Lipinski definition) is 3. The van der Waals surface area contributed by atoms with Gasteiger partial charge in [-0.2, -0.15) is 0 Å². The summed E-state index contributed by atoms with van der Waals surface area (Å²) in [5.41, 5.74) is 0.640. The van der Waals surface area contributed by atoms with Crippen molar-refractivity contribution in [2.75, 3.05) is 13.7 Å². The standard InChI is InChI=1S/C19H27NO3/c1-3-23-17-11-9-15(10-12-17)18(21)13-14-19(22)20(2)16-7-5-4-6-8-16/h9-12,16H,3-8,13-14H2,1-2H3. The Kier molecular flexibility index (Phi) is 6.63. The summed E-state index contributed by atoms with van der Waals surface area (Å²) in [6.45, 7) is 2.53. The first-order chi connectivity index (χ1) is 11.1. The number of ether oxygens (including phenoxy) is 1. The molecule has 2 rings (SSSR count). The first-order valence-corrected chi connectivity index (χ1v) is 8.63. The molecule has 0 unspecified atom stereocenters. The Morgan fingerprint density at radius 3 is 2.35 bits per heavy atom. The van der Waals surface area contributed by atoms with Crippen molar-refractivity contribution in [3.63, 3.8) is 0 Å². The Morgan fingerprint density at radius 1 is 1.09 bits per heavy atom. The number of amides is 1. The fourth-order valence-electron chi connectivity index (χ4n) is 3.12. The highest BCUT2D eigenvalue weighted by Gasteiger charge is 2.22. The molecule has 1 fully saturated rings. The van der Waals surface area contributed by atoms with E-state index in [9.17, 15) is 9.59 Å². The molecule has 4 nitrogen and oxygen atoms in total. The Morgan fingerprint density at radius 2 is 1.74 bits per heavy atom. The summed E-state index contributed by atoms with van der Waals surface area (Å²) < 4.78 is 5.37. The van der Waals surface area contributed by atoms with Crippen LogP contribution in [0.25, 0.3) is 0 Å². The largest absolute Gasteiger partial charge is 0.494 e. The van der Waals surface area contributed by atoms with E-state index in [-0.39, 0.29) is 18.1 Å². The predicted molar refractivity (Wildman–Crippen MR) is 90.8 cm³/mol. The highest BCUT2D eigenvalue weighted by atomic mass is 16.5. The van der Waals surface area contributed by atoms with Gasteiger partial charge in [-0.15, -0.1) is 0 Å². The summed E-state index contributed by atoms with van der Waals surface area (Å²) in [6.07, 6.45) is 6.42. The van der Waals surface area contributed by atoms with E-state index in [0.29, 0.717) is 24.6 Å². The summed E-state index contributed by atoms with van der Waals surface area (Å²) in [5.74, 6) is 0.854. The molecule has 0 radical (unpaired) electrons. The van der Waals surface area contributed by atoms with Gasteiger partial charge in [0.25, 0.3) is 0 Å². The van der Waals surface area contributed by atoms with Gasteiger partial charge in [0.1, 0.15) is 5.75 Å². The van der Waals surface area contributed by atoms with Gasteiger partial charge in [-0.25, -0.2) is 0 Å². The Hall–Kier alpha value is -1.84. The van der Waals surface area contributed by atoms with Gasteiger partial charge < -0.3 is 9.64 Å². The van der Waals surface area contributed by atoms with Crippen LogP contribution in [0.4, 0.5) is 0 Å². The van der Waals surface area contributed by atoms with E-state index in [1.807, 2.05) is 18.9 Å². The summed E-state index contributed by atoms with van der Waals surface area (Å²) in [5, 5.41) is 0. The van der Waals surface area contributed by atoms with Crippen LogP contribution in [-0.2, 0) is 4.79 Å². The second-order valence-corrected chi connectivity index (χ2v) is 6.18. The van der Waals surface area contributed by atoms with E-state index >= 15 is 0 Å². The molecular formula is C19H27NO3. The van der Waals surface area contributed by atoms with Crippen LogP contribution in [0.15, 0.2) is 24.3 Å². The van der Waals surface area contributed by atoms with Crippen molar-refractivity contribution in [1.82, 2.24) is 4.90 Å². The van der Waals surface area contributed by atoms with E-state index in [0.717, 1.165) is 18.6 Å². The summed E-state index contributed by atoms with van der Waals surface area (Å²) in [6, 6.07) is 7.49. The monoisotopic (exact) mass is 317 g/mol. The number of carbonyl (C=O) groups is 2. The second-order valence-electron chi connectivity index (χ2n) is 6.18. The minimum absolute atomic E-state index is 0.0124. The minimum atomic E-state index is 0.0124. The van der Waals surface area contributed by atoms with E-state index in [2.05, 4.69) is 0 Å². The maximum Gasteiger partial charge on any atom is 0.223 e. The molecule has 0 heterocycles. The van der Waals surface area contributed by atoms with E-state index in [1.54, 1.807) is 24.3 Å². The van der Waals surface area contributed by atoms with Crippen molar-refractivity contribution >= 4 is 11.7 Å². The molecule has 1 aliphatic carbocycles. The Balaban J connectivity index is 1.81. The second kappa shape index (κ2) is 8.70. The van der Waals surface area contributed by atoms with E-state index in [4.69, 9.17) is 4.74 Å². The molecule has 1 aromatic carbocycles. The van der Waals surface area contributed by atoms with Crippen molar-refractivity contribution < 1.29 is 14.3 Å². The highest BCUT2D eigenvalue weighted by Crippen LogP contribution is 2.22. The SMILES string of the molecule is CCOc1ccc(C(=O)CCC(=O)N(C)C2CCCCC2)cc1. The molecular weight excluding hydrogens is 290 g/mol. The quantitative estimate of drug-likeness (QED) is 0.718. The lowest BCUT2D eigenvalue weighted by atomic mass is 9.94. The molecule has 1 amide bonds. The molecule has 1 aromatic rings. The van der Waals surface area contributed by atoms with E-state index < -0.39 is 0 Å². The fraction of sp³-hybridized carbons (Fsp3) is 0.579. The van der Waals surface area contributed by atoms with E-state index in [1.165, 1.54) is 19.3 Å². The van der Waals surface area contributed by atoms with Gasteiger partial charge in [0, 0.05) is 31.5 Å². The minimum Gasteiger partial charge on any atom is -0.494 e. The lowest BCUT2D eigenvalue weighted by molar-refractivity contribution is -0.132. The maximum atomic E-state index is 12.3. The van der Waals surface area contributed by atoms with Crippen LogP contribution in [-0.4, -0.2) is 36.3 Å². The number of nitrogens with zero attached hydrogens (tertiary/aromatic N) is 1. The third kappa shape index (κ3) is 5.08. The molecule has 0 saturated heterocycles. The number of benzene rings is 1. The molecule has 0 atom stereocenters. The van der Waals surface area contributed by atoms with Gasteiger partial charge >= 0.3 is 0 Å². The fourth-order valence-corrected chi connectivity index (χ4v) is 3.12. The number of carbonyl (C=O) groups excluding carboxylic acids is 2. The average Bonchev–Trinajstić information content (AvgIpc) is 2.60. The van der Waals surface area contributed by atoms with Gasteiger partial charge in [-0.1, -0.05) is 19.3 Å². The molecule has 23 heavy (non-hydrogen) atoms. The van der Waals surface area contributed by atoms with Crippen LogP contribution in [0.1, 0.15) is 62.2 Å². The normalized spacial score (nSPS) is 15.2. The van der Waals surface area contributed by atoms with Gasteiger partial charge in [0.05, 0.1) is 6.61 Å².